The summed E-state index contributed by atoms with van der Waals surface area (Å²) in [6.07, 6.45) is 8.38. The zero-order valence-corrected chi connectivity index (χ0v) is 55.0. The Morgan fingerprint density at radius 1 is 0.489 bits per heavy atom. The number of carbonyl (C=O) groups is 1. The molecule has 466 valence electrons. The van der Waals surface area contributed by atoms with Crippen LogP contribution in [0.2, 0.25) is 10.1 Å². The molecule has 0 aliphatic rings. The molecule has 0 aliphatic carbocycles. The van der Waals surface area contributed by atoms with Crippen molar-refractivity contribution in [1.82, 2.24) is 0 Å². The van der Waals surface area contributed by atoms with E-state index in [4.69, 9.17) is 32.5 Å². The van der Waals surface area contributed by atoms with Crippen LogP contribution < -0.4 is 30.2 Å². The second-order valence-corrected chi connectivity index (χ2v) is 32.3. The Morgan fingerprint density at radius 2 is 0.830 bits per heavy atom. The number of esters is 1. The molecule has 0 fully saturated rings. The molecule has 2 unspecified atom stereocenters. The maximum Gasteiger partial charge on any atom is 0.339 e. The van der Waals surface area contributed by atoms with Gasteiger partial charge in [0.2, 0.25) is 0 Å². The van der Waals surface area contributed by atoms with Crippen LogP contribution >= 0.6 is 0 Å². The molecule has 0 saturated carbocycles. The molecule has 0 spiro atoms. The largest absolute Gasteiger partial charge is 0.497 e. The second kappa shape index (κ2) is 35.0. The van der Waals surface area contributed by atoms with E-state index in [1.807, 2.05) is 98.8 Å². The van der Waals surface area contributed by atoms with Crippen LogP contribution in [0.15, 0.2) is 248 Å². The van der Waals surface area contributed by atoms with Gasteiger partial charge in [0.05, 0.1) is 45.2 Å². The molecule has 7 aromatic carbocycles. The first kappa shape index (κ1) is 69.8. The number of carbonyl (C=O) groups excluding carboxylic acids is 1. The predicted molar refractivity (Wildman–Crippen MR) is 358 cm³/mol. The molecule has 0 aliphatic heterocycles. The summed E-state index contributed by atoms with van der Waals surface area (Å²) in [5.41, 5.74) is 2.36. The molecular formula is C75H90F2O9Si2. The molecule has 0 saturated heterocycles. The van der Waals surface area contributed by atoms with Crippen LogP contribution in [0, 0.1) is 0 Å². The van der Waals surface area contributed by atoms with Gasteiger partial charge < -0.3 is 37.6 Å². The number of hydrogen-bond donors (Lipinski definition) is 1. The highest BCUT2D eigenvalue weighted by Crippen LogP contribution is 2.38. The first-order valence-electron chi connectivity index (χ1n) is 30.3. The molecule has 0 bridgehead atoms. The number of ether oxygens (including phenoxy) is 5. The third-order valence-electron chi connectivity index (χ3n) is 15.1. The molecule has 0 heterocycles. The van der Waals surface area contributed by atoms with E-state index in [1.54, 1.807) is 50.6 Å². The Morgan fingerprint density at radius 3 is 1.18 bits per heavy atom. The topological polar surface area (TPSA) is 102 Å². The summed E-state index contributed by atoms with van der Waals surface area (Å²) in [7, 11) is -2.07. The zero-order chi connectivity index (χ0) is 63.4. The van der Waals surface area contributed by atoms with Gasteiger partial charge >= 0.3 is 5.97 Å². The summed E-state index contributed by atoms with van der Waals surface area (Å²) in [5, 5.41) is 14.9. The molecule has 0 amide bonds. The Kier molecular flexibility index (Phi) is 27.8. The van der Waals surface area contributed by atoms with Crippen LogP contribution in [0.1, 0.15) is 103 Å². The van der Waals surface area contributed by atoms with Gasteiger partial charge in [-0.25, -0.2) is 13.6 Å². The lowest BCUT2D eigenvalue weighted by atomic mass is 10.2. The minimum atomic E-state index is -2.71. The average molecular weight is 1230 g/mol. The molecule has 7 aromatic rings. The van der Waals surface area contributed by atoms with E-state index in [9.17, 15) is 14.3 Å². The highest BCUT2D eigenvalue weighted by atomic mass is 28.4. The lowest BCUT2D eigenvalue weighted by Crippen LogP contribution is -2.66. The molecule has 88 heavy (non-hydrogen) atoms. The van der Waals surface area contributed by atoms with E-state index in [2.05, 4.69) is 139 Å². The van der Waals surface area contributed by atoms with Crippen molar-refractivity contribution < 1.29 is 51.2 Å². The van der Waals surface area contributed by atoms with Gasteiger partial charge in [-0.05, 0) is 136 Å². The maximum atomic E-state index is 15.7. The van der Waals surface area contributed by atoms with Gasteiger partial charge in [0.1, 0.15) is 29.3 Å². The summed E-state index contributed by atoms with van der Waals surface area (Å²) >= 11 is 0. The van der Waals surface area contributed by atoms with Crippen molar-refractivity contribution in [2.75, 3.05) is 27.4 Å². The summed E-state index contributed by atoms with van der Waals surface area (Å²) in [5.74, 6) is -0.164. The van der Waals surface area contributed by atoms with Crippen molar-refractivity contribution in [3.05, 3.63) is 265 Å². The first-order valence-corrected chi connectivity index (χ1v) is 34.1. The van der Waals surface area contributed by atoms with Crippen LogP contribution in [-0.2, 0) is 36.3 Å². The molecule has 0 aromatic heterocycles. The molecule has 0 radical (unpaired) electrons. The Bertz CT molecular complexity index is 3160. The minimum Gasteiger partial charge on any atom is -0.497 e. The monoisotopic (exact) mass is 1230 g/mol. The maximum absolute atomic E-state index is 15.7. The molecule has 1 N–H and O–H groups in total. The second-order valence-electron chi connectivity index (χ2n) is 23.7. The van der Waals surface area contributed by atoms with Crippen molar-refractivity contribution in [2.45, 2.75) is 129 Å². The Labute approximate surface area is 524 Å². The van der Waals surface area contributed by atoms with E-state index in [-0.39, 0.29) is 22.3 Å². The van der Waals surface area contributed by atoms with E-state index >= 15 is 4.39 Å². The normalized spacial score (nSPS) is 14.0. The van der Waals surface area contributed by atoms with Gasteiger partial charge in [-0.3, -0.25) is 0 Å². The first-order chi connectivity index (χ1) is 42.3. The number of hydrogen-bond acceptors (Lipinski definition) is 9. The van der Waals surface area contributed by atoms with Gasteiger partial charge in [-0.2, -0.15) is 0 Å². The molecule has 9 nitrogen and oxygen atoms in total. The van der Waals surface area contributed by atoms with Crippen LogP contribution in [-0.4, -0.2) is 79.6 Å². The molecule has 4 atom stereocenters. The summed E-state index contributed by atoms with van der Waals surface area (Å²) in [4.78, 5) is 12.9. The number of aliphatic hydroxyl groups excluding tert-OH is 1. The third kappa shape index (κ3) is 20.4. The smallest absolute Gasteiger partial charge is 0.339 e. The van der Waals surface area contributed by atoms with E-state index in [1.165, 1.54) is 39.0 Å². The fourth-order valence-corrected chi connectivity index (χ4v) is 19.6. The van der Waals surface area contributed by atoms with Gasteiger partial charge in [0.15, 0.2) is 6.10 Å². The fraction of sp³-hybridized carbons (Fsp3) is 0.320. The number of aliphatic hydroxyl groups is 1. The third-order valence-corrected chi connectivity index (χ3v) is 25.2. The standard InChI is InChI=1S/C41H47FO5Si.C34H43FO4Si/c1-32(45-31-33-25-27-35(44-5)28-26-33)24-29-38(42)39(47-40(43)34-17-9-6-10-18-34)23-15-16-30-46-48(41(2,3)4,36-19-11-7-12-20-36)37-21-13-8-14-22-37;1-27(38-26-28-20-22-29(37-5)23-21-28)19-24-32(35)33(36)18-12-13-25-39-40(34(2,3)4,30-14-8-6-9-15-30)31-16-10-7-11-17-31/h6-15,17-23,25-29,32,39H,16,24,30-31H2,1-5H3;6-12,14-18,20-24,27,33,36H,13,19,25-26H2,1-5H3/b23-15-,38-29+;18-12-,32-24+/t32-,39?;27-,33?/m11/s1. The summed E-state index contributed by atoms with van der Waals surface area (Å²) in [6, 6.07) is 65.7. The van der Waals surface area contributed by atoms with Crippen molar-refractivity contribution >= 4 is 43.4 Å². The summed E-state index contributed by atoms with van der Waals surface area (Å²) in [6.45, 7) is 18.9. The Balaban J connectivity index is 0.000000286. The van der Waals surface area contributed by atoms with E-state index in [0.717, 1.165) is 22.6 Å². The molecular weight excluding hydrogens is 1140 g/mol. The van der Waals surface area contributed by atoms with Crippen LogP contribution in [0.5, 0.6) is 11.5 Å². The van der Waals surface area contributed by atoms with Gasteiger partial charge in [-0.15, -0.1) is 0 Å². The SMILES string of the molecule is COc1ccc(CO[C@H](C)C/C=C(/F)C(/C=C\CCO[Si](c2ccccc2)(c2ccccc2)C(C)(C)C)OC(=O)c2ccccc2)cc1.COc1ccc(CO[C@H](C)C/C=C(/F)C(O)/C=C\CCO[Si](c2ccccc2)(c2ccccc2)C(C)(C)C)cc1. The highest BCUT2D eigenvalue weighted by Gasteiger charge is 2.51. The van der Waals surface area contributed by atoms with Gasteiger partial charge in [0.25, 0.3) is 16.6 Å². The van der Waals surface area contributed by atoms with Crippen molar-refractivity contribution in [3.8, 4) is 11.5 Å². The molecule has 13 heteroatoms. The van der Waals surface area contributed by atoms with Gasteiger partial charge in [-0.1, -0.05) is 224 Å². The fourth-order valence-electron chi connectivity index (χ4n) is 10.4. The van der Waals surface area contributed by atoms with Crippen molar-refractivity contribution in [1.29, 1.82) is 0 Å². The van der Waals surface area contributed by atoms with Crippen LogP contribution in [0.3, 0.4) is 0 Å². The highest BCUT2D eigenvalue weighted by molar-refractivity contribution is 7.00. The molecule has 7 rings (SSSR count). The number of rotatable bonds is 30. The number of methoxy groups -OCH3 is 2. The quantitative estimate of drug-likeness (QED) is 0.0204. The van der Waals surface area contributed by atoms with E-state index < -0.39 is 46.5 Å². The van der Waals surface area contributed by atoms with Gasteiger partial charge in [0, 0.05) is 13.2 Å². The lowest BCUT2D eigenvalue weighted by Gasteiger charge is -2.43. The summed E-state index contributed by atoms with van der Waals surface area (Å²) < 4.78 is 71.8. The predicted octanol–water partition coefficient (Wildman–Crippen LogP) is 15.3. The number of halogens is 2. The van der Waals surface area contributed by atoms with Crippen LogP contribution in [0.25, 0.3) is 0 Å². The van der Waals surface area contributed by atoms with Crippen molar-refractivity contribution in [2.24, 2.45) is 0 Å². The average Bonchev–Trinajstić information content (AvgIpc) is 1.31. The number of benzene rings is 7. The minimum absolute atomic E-state index is 0.111. The zero-order valence-electron chi connectivity index (χ0n) is 53.0. The Hall–Kier alpha value is -7.34. The van der Waals surface area contributed by atoms with Crippen molar-refractivity contribution in [3.63, 3.8) is 0 Å². The lowest BCUT2D eigenvalue weighted by molar-refractivity contribution is 0.0408. The van der Waals surface area contributed by atoms with E-state index in [0.29, 0.717) is 57.7 Å². The van der Waals surface area contributed by atoms with Crippen LogP contribution in [0.4, 0.5) is 8.78 Å².